The smallest absolute Gasteiger partial charge is 0.248 e. The molecule has 2 aromatic rings. The Bertz CT molecular complexity index is 733. The van der Waals surface area contributed by atoms with Crippen LogP contribution in [0, 0.1) is 12.7 Å². The van der Waals surface area contributed by atoms with Crippen LogP contribution in [-0.2, 0) is 6.54 Å². The lowest BCUT2D eigenvalue weighted by Gasteiger charge is -2.19. The number of nitrogens with one attached hydrogen (secondary N) is 2. The Labute approximate surface area is 145 Å². The number of aliphatic imine (C=N–C) groups is 1. The highest BCUT2D eigenvalue weighted by atomic mass is 19.1. The molecule has 1 fully saturated rings. The maximum absolute atomic E-state index is 13.9. The molecular formula is C16H22FN7O. The predicted octanol–water partition coefficient (Wildman–Crippen LogP) is 1.25. The van der Waals surface area contributed by atoms with Gasteiger partial charge in [0.2, 0.25) is 5.89 Å². The van der Waals surface area contributed by atoms with Crippen LogP contribution in [0.4, 0.5) is 10.2 Å². The van der Waals surface area contributed by atoms with E-state index in [1.54, 1.807) is 19.2 Å². The quantitative estimate of drug-likeness (QED) is 0.621. The van der Waals surface area contributed by atoms with Crippen molar-refractivity contribution in [3.05, 3.63) is 35.9 Å². The van der Waals surface area contributed by atoms with Crippen molar-refractivity contribution in [3.8, 4) is 0 Å². The summed E-state index contributed by atoms with van der Waals surface area (Å²) in [6.45, 7) is 6.22. The Hall–Kier alpha value is -2.71. The van der Waals surface area contributed by atoms with Crippen molar-refractivity contribution >= 4 is 11.8 Å². The average Bonchev–Trinajstić information content (AvgIpc) is 3.22. The number of anilines is 1. The summed E-state index contributed by atoms with van der Waals surface area (Å²) in [5, 5.41) is 10.3. The molecule has 9 heteroatoms. The minimum atomic E-state index is -0.296. The SMILES string of the molecule is CCNC(=NCc1nc(C)no1)NC1CCN(c2ncccc2F)C1. The first-order valence-corrected chi connectivity index (χ1v) is 8.35. The number of nitrogens with zero attached hydrogens (tertiary/aromatic N) is 5. The van der Waals surface area contributed by atoms with Gasteiger partial charge in [-0.1, -0.05) is 5.16 Å². The standard InChI is InChI=1S/C16H22FN7O/c1-3-18-16(20-9-14-21-11(2)23-25-14)22-12-6-8-24(10-12)15-13(17)5-4-7-19-15/h4-5,7,12H,3,6,8-10H2,1-2H3,(H2,18,20,22). The molecule has 134 valence electrons. The fourth-order valence-corrected chi connectivity index (χ4v) is 2.74. The number of hydrogen-bond donors (Lipinski definition) is 2. The summed E-state index contributed by atoms with van der Waals surface area (Å²) in [6, 6.07) is 3.18. The van der Waals surface area contributed by atoms with E-state index < -0.39 is 0 Å². The zero-order chi connectivity index (χ0) is 17.6. The molecule has 0 radical (unpaired) electrons. The molecular weight excluding hydrogens is 325 g/mol. The van der Waals surface area contributed by atoms with E-state index in [4.69, 9.17) is 4.52 Å². The minimum Gasteiger partial charge on any atom is -0.357 e. The summed E-state index contributed by atoms with van der Waals surface area (Å²) >= 11 is 0. The Morgan fingerprint density at radius 2 is 2.40 bits per heavy atom. The van der Waals surface area contributed by atoms with Crippen LogP contribution in [0.3, 0.4) is 0 Å². The highest BCUT2D eigenvalue weighted by Crippen LogP contribution is 2.20. The lowest BCUT2D eigenvalue weighted by Crippen LogP contribution is -2.44. The van der Waals surface area contributed by atoms with Crippen LogP contribution < -0.4 is 15.5 Å². The van der Waals surface area contributed by atoms with Crippen molar-refractivity contribution in [3.63, 3.8) is 0 Å². The van der Waals surface area contributed by atoms with Gasteiger partial charge < -0.3 is 20.1 Å². The van der Waals surface area contributed by atoms with Gasteiger partial charge >= 0.3 is 0 Å². The zero-order valence-corrected chi connectivity index (χ0v) is 14.4. The van der Waals surface area contributed by atoms with Gasteiger partial charge in [0.25, 0.3) is 0 Å². The fourth-order valence-electron chi connectivity index (χ4n) is 2.74. The van der Waals surface area contributed by atoms with E-state index in [1.807, 2.05) is 11.8 Å². The molecule has 1 aliphatic heterocycles. The first-order chi connectivity index (χ1) is 12.2. The fraction of sp³-hybridized carbons (Fsp3) is 0.500. The molecule has 0 aliphatic carbocycles. The van der Waals surface area contributed by atoms with Crippen LogP contribution in [-0.4, -0.2) is 46.8 Å². The van der Waals surface area contributed by atoms with Gasteiger partial charge in [-0.2, -0.15) is 4.98 Å². The number of pyridine rings is 1. The van der Waals surface area contributed by atoms with Gasteiger partial charge in [-0.05, 0) is 32.4 Å². The highest BCUT2D eigenvalue weighted by molar-refractivity contribution is 5.80. The van der Waals surface area contributed by atoms with Crippen molar-refractivity contribution in [2.24, 2.45) is 4.99 Å². The van der Waals surface area contributed by atoms with Gasteiger partial charge in [-0.15, -0.1) is 0 Å². The summed E-state index contributed by atoms with van der Waals surface area (Å²) in [4.78, 5) is 14.7. The molecule has 3 rings (SSSR count). The van der Waals surface area contributed by atoms with Gasteiger partial charge in [-0.3, -0.25) is 0 Å². The van der Waals surface area contributed by atoms with Crippen LogP contribution in [0.5, 0.6) is 0 Å². The van der Waals surface area contributed by atoms with Gasteiger partial charge in [0, 0.05) is 31.9 Å². The molecule has 3 heterocycles. The van der Waals surface area contributed by atoms with Crippen molar-refractivity contribution in [1.29, 1.82) is 0 Å². The topological polar surface area (TPSA) is 91.5 Å². The molecule has 0 aromatic carbocycles. The third-order valence-corrected chi connectivity index (χ3v) is 3.85. The van der Waals surface area contributed by atoms with Crippen molar-refractivity contribution in [2.75, 3.05) is 24.5 Å². The van der Waals surface area contributed by atoms with Gasteiger partial charge in [0.15, 0.2) is 23.4 Å². The lowest BCUT2D eigenvalue weighted by molar-refractivity contribution is 0.376. The van der Waals surface area contributed by atoms with Crippen LogP contribution in [0.1, 0.15) is 25.1 Å². The number of halogens is 1. The number of guanidine groups is 1. The molecule has 8 nitrogen and oxygen atoms in total. The number of hydrogen-bond acceptors (Lipinski definition) is 6. The summed E-state index contributed by atoms with van der Waals surface area (Å²) in [5.41, 5.74) is 0. The third-order valence-electron chi connectivity index (χ3n) is 3.85. The third kappa shape index (κ3) is 4.43. The van der Waals surface area contributed by atoms with Gasteiger partial charge in [0.1, 0.15) is 6.54 Å². The first kappa shape index (κ1) is 17.1. The summed E-state index contributed by atoms with van der Waals surface area (Å²) < 4.78 is 18.9. The molecule has 2 aromatic heterocycles. The Kier molecular flexibility index (Phi) is 5.42. The van der Waals surface area contributed by atoms with Crippen molar-refractivity contribution in [1.82, 2.24) is 25.8 Å². The van der Waals surface area contributed by atoms with E-state index >= 15 is 0 Å². The zero-order valence-electron chi connectivity index (χ0n) is 14.4. The maximum atomic E-state index is 13.9. The van der Waals surface area contributed by atoms with Gasteiger partial charge in [-0.25, -0.2) is 14.4 Å². The van der Waals surface area contributed by atoms with E-state index in [9.17, 15) is 4.39 Å². The second-order valence-electron chi connectivity index (χ2n) is 5.82. The number of aromatic nitrogens is 3. The molecule has 1 aliphatic rings. The van der Waals surface area contributed by atoms with Crippen LogP contribution >= 0.6 is 0 Å². The molecule has 0 saturated carbocycles. The molecule has 1 atom stereocenters. The van der Waals surface area contributed by atoms with E-state index in [0.717, 1.165) is 19.5 Å². The first-order valence-electron chi connectivity index (χ1n) is 8.35. The monoisotopic (exact) mass is 347 g/mol. The van der Waals surface area contributed by atoms with Crippen LogP contribution in [0.2, 0.25) is 0 Å². The molecule has 0 bridgehead atoms. The normalized spacial score (nSPS) is 17.8. The molecule has 0 amide bonds. The van der Waals surface area contributed by atoms with Gasteiger partial charge in [0.05, 0.1) is 0 Å². The van der Waals surface area contributed by atoms with E-state index in [1.165, 1.54) is 6.07 Å². The summed E-state index contributed by atoms with van der Waals surface area (Å²) in [5.74, 6) is 1.84. The molecule has 2 N–H and O–H groups in total. The average molecular weight is 347 g/mol. The van der Waals surface area contributed by atoms with E-state index in [0.29, 0.717) is 36.6 Å². The summed E-state index contributed by atoms with van der Waals surface area (Å²) in [7, 11) is 0. The second kappa shape index (κ2) is 7.91. The summed E-state index contributed by atoms with van der Waals surface area (Å²) in [6.07, 6.45) is 2.48. The largest absolute Gasteiger partial charge is 0.357 e. The van der Waals surface area contributed by atoms with Crippen molar-refractivity contribution < 1.29 is 8.91 Å². The second-order valence-corrected chi connectivity index (χ2v) is 5.82. The molecule has 1 saturated heterocycles. The number of rotatable bonds is 5. The Morgan fingerprint density at radius 3 is 3.12 bits per heavy atom. The molecule has 1 unspecified atom stereocenters. The molecule has 0 spiro atoms. The number of aryl methyl sites for hydroxylation is 1. The predicted molar refractivity (Wildman–Crippen MR) is 91.8 cm³/mol. The Morgan fingerprint density at radius 1 is 1.52 bits per heavy atom. The maximum Gasteiger partial charge on any atom is 0.248 e. The Balaban J connectivity index is 1.60. The van der Waals surface area contributed by atoms with Crippen LogP contribution in [0.25, 0.3) is 0 Å². The minimum absolute atomic E-state index is 0.156. The van der Waals surface area contributed by atoms with E-state index in [2.05, 4.69) is 30.8 Å². The molecule has 25 heavy (non-hydrogen) atoms. The van der Waals surface area contributed by atoms with E-state index in [-0.39, 0.29) is 11.9 Å². The highest BCUT2D eigenvalue weighted by Gasteiger charge is 2.25. The van der Waals surface area contributed by atoms with Crippen molar-refractivity contribution in [2.45, 2.75) is 32.9 Å². The lowest BCUT2D eigenvalue weighted by atomic mass is 10.3. The van der Waals surface area contributed by atoms with Crippen LogP contribution in [0.15, 0.2) is 27.8 Å².